The summed E-state index contributed by atoms with van der Waals surface area (Å²) in [4.78, 5) is 14.1. The number of piperidine rings is 1. The predicted octanol–water partition coefficient (Wildman–Crippen LogP) is 4.42. The van der Waals surface area contributed by atoms with Gasteiger partial charge in [0.25, 0.3) is 0 Å². The number of benzene rings is 1. The maximum Gasteiger partial charge on any atom is 0.410 e. The molecular formula is C25H35N3O5. The smallest absolute Gasteiger partial charge is 0.410 e. The molecule has 1 fully saturated rings. The van der Waals surface area contributed by atoms with Crippen LogP contribution in [0, 0.1) is 19.8 Å². The molecule has 1 aromatic carbocycles. The molecule has 2 atom stereocenters. The molecule has 8 heteroatoms. The number of carbonyl (C=O) groups is 1. The Labute approximate surface area is 195 Å². The van der Waals surface area contributed by atoms with E-state index in [2.05, 4.69) is 16.3 Å². The van der Waals surface area contributed by atoms with E-state index in [1.165, 1.54) is 0 Å². The SMILES string of the molecule is COCOc1cc(C)cc(C)c1-c1ccc(C(O)C2CCCN(C(=O)OC(C)(C)C)C2)nn1. The van der Waals surface area contributed by atoms with Gasteiger partial charge in [-0.3, -0.25) is 0 Å². The number of methoxy groups -OCH3 is 1. The van der Waals surface area contributed by atoms with Gasteiger partial charge in [0.15, 0.2) is 6.79 Å². The van der Waals surface area contributed by atoms with Crippen molar-refractivity contribution >= 4 is 6.09 Å². The third kappa shape index (κ3) is 6.42. The van der Waals surface area contributed by atoms with E-state index < -0.39 is 11.7 Å². The molecule has 2 aromatic rings. The van der Waals surface area contributed by atoms with E-state index in [-0.39, 0.29) is 18.8 Å². The zero-order valence-corrected chi connectivity index (χ0v) is 20.4. The number of aliphatic hydroxyl groups is 1. The standard InChI is InChI=1S/C25H35N3O5/c1-16-12-17(2)22(21(13-16)32-15-31-6)19-9-10-20(27-26-19)23(29)18-8-7-11-28(14-18)24(30)33-25(3,4)5/h9-10,12-13,18,23,29H,7-8,11,14-15H2,1-6H3. The summed E-state index contributed by atoms with van der Waals surface area (Å²) < 4.78 is 16.3. The number of hydrogen-bond donors (Lipinski definition) is 1. The summed E-state index contributed by atoms with van der Waals surface area (Å²) in [6.07, 6.45) is 0.435. The molecule has 0 radical (unpaired) electrons. The number of ether oxygens (including phenoxy) is 3. The van der Waals surface area contributed by atoms with Crippen molar-refractivity contribution in [2.45, 2.75) is 59.2 Å². The normalized spacial score (nSPS) is 17.5. The van der Waals surface area contributed by atoms with Crippen LogP contribution in [0.3, 0.4) is 0 Å². The molecule has 180 valence electrons. The van der Waals surface area contributed by atoms with Gasteiger partial charge in [-0.05, 0) is 76.8 Å². The van der Waals surface area contributed by atoms with E-state index in [4.69, 9.17) is 14.2 Å². The predicted molar refractivity (Wildman–Crippen MR) is 125 cm³/mol. The minimum atomic E-state index is -0.819. The average molecular weight is 458 g/mol. The molecule has 1 aliphatic heterocycles. The summed E-state index contributed by atoms with van der Waals surface area (Å²) in [6, 6.07) is 7.64. The first-order valence-corrected chi connectivity index (χ1v) is 11.3. The van der Waals surface area contributed by atoms with Crippen LogP contribution >= 0.6 is 0 Å². The minimum Gasteiger partial charge on any atom is -0.467 e. The number of nitrogens with zero attached hydrogens (tertiary/aromatic N) is 3. The van der Waals surface area contributed by atoms with Gasteiger partial charge in [0.2, 0.25) is 0 Å². The molecule has 0 bridgehead atoms. The minimum absolute atomic E-state index is 0.131. The fourth-order valence-electron chi connectivity index (χ4n) is 4.13. The van der Waals surface area contributed by atoms with Crippen LogP contribution < -0.4 is 4.74 Å². The number of rotatable bonds is 6. The first-order chi connectivity index (χ1) is 15.6. The summed E-state index contributed by atoms with van der Waals surface area (Å²) in [7, 11) is 1.58. The summed E-state index contributed by atoms with van der Waals surface area (Å²) in [6.45, 7) is 10.7. The van der Waals surface area contributed by atoms with Crippen LogP contribution in [0.5, 0.6) is 5.75 Å². The zero-order chi connectivity index (χ0) is 24.2. The van der Waals surface area contributed by atoms with Crippen molar-refractivity contribution in [3.63, 3.8) is 0 Å². The highest BCUT2D eigenvalue weighted by Gasteiger charge is 2.32. The average Bonchev–Trinajstić information content (AvgIpc) is 2.76. The Balaban J connectivity index is 1.76. The van der Waals surface area contributed by atoms with E-state index in [1.807, 2.05) is 46.8 Å². The second-order valence-electron chi connectivity index (χ2n) is 9.62. The molecule has 1 aromatic heterocycles. The lowest BCUT2D eigenvalue weighted by Crippen LogP contribution is -2.44. The first kappa shape index (κ1) is 24.9. The van der Waals surface area contributed by atoms with Gasteiger partial charge in [-0.2, -0.15) is 10.2 Å². The lowest BCUT2D eigenvalue weighted by atomic mass is 9.90. The molecule has 0 spiro atoms. The molecule has 3 rings (SSSR count). The molecule has 1 N–H and O–H groups in total. The van der Waals surface area contributed by atoms with Crippen LogP contribution in [-0.2, 0) is 9.47 Å². The summed E-state index contributed by atoms with van der Waals surface area (Å²) >= 11 is 0. The van der Waals surface area contributed by atoms with E-state index in [0.29, 0.717) is 30.2 Å². The lowest BCUT2D eigenvalue weighted by molar-refractivity contribution is 0.00160. The summed E-state index contributed by atoms with van der Waals surface area (Å²) in [5.74, 6) is 0.547. The van der Waals surface area contributed by atoms with Gasteiger partial charge in [-0.15, -0.1) is 0 Å². The van der Waals surface area contributed by atoms with Crippen LogP contribution in [0.25, 0.3) is 11.3 Å². The molecule has 1 amide bonds. The molecule has 8 nitrogen and oxygen atoms in total. The Kier molecular flexibility index (Phi) is 7.92. The van der Waals surface area contributed by atoms with Crippen LogP contribution in [0.1, 0.15) is 56.5 Å². The number of hydrogen-bond acceptors (Lipinski definition) is 7. The fourth-order valence-corrected chi connectivity index (χ4v) is 4.13. The van der Waals surface area contributed by atoms with Crippen molar-refractivity contribution in [2.75, 3.05) is 27.0 Å². The topological polar surface area (TPSA) is 94.0 Å². The molecule has 2 unspecified atom stereocenters. The number of carbonyl (C=O) groups excluding carboxylic acids is 1. The van der Waals surface area contributed by atoms with Crippen molar-refractivity contribution in [3.05, 3.63) is 41.1 Å². The van der Waals surface area contributed by atoms with Crippen LogP contribution in [-0.4, -0.2) is 58.9 Å². The number of likely N-dealkylation sites (tertiary alicyclic amines) is 1. The zero-order valence-electron chi connectivity index (χ0n) is 20.4. The molecule has 1 aliphatic rings. The molecule has 2 heterocycles. The quantitative estimate of drug-likeness (QED) is 0.642. The Morgan fingerprint density at radius 1 is 1.24 bits per heavy atom. The highest BCUT2D eigenvalue weighted by atomic mass is 16.7. The number of amides is 1. The molecular weight excluding hydrogens is 422 g/mol. The Morgan fingerprint density at radius 3 is 2.64 bits per heavy atom. The Hall–Kier alpha value is -2.71. The first-order valence-electron chi connectivity index (χ1n) is 11.3. The molecule has 0 saturated carbocycles. The van der Waals surface area contributed by atoms with Crippen molar-refractivity contribution in [1.29, 1.82) is 0 Å². The van der Waals surface area contributed by atoms with Gasteiger partial charge in [0.05, 0.1) is 11.4 Å². The fraction of sp³-hybridized carbons (Fsp3) is 0.560. The third-order valence-electron chi connectivity index (χ3n) is 5.58. The highest BCUT2D eigenvalue weighted by molar-refractivity contribution is 5.71. The number of aliphatic hydroxyl groups excluding tert-OH is 1. The van der Waals surface area contributed by atoms with Gasteiger partial charge < -0.3 is 24.2 Å². The second-order valence-corrected chi connectivity index (χ2v) is 9.62. The van der Waals surface area contributed by atoms with Crippen LogP contribution in [0.2, 0.25) is 0 Å². The largest absolute Gasteiger partial charge is 0.467 e. The Bertz CT molecular complexity index is 956. The van der Waals surface area contributed by atoms with Gasteiger partial charge in [0, 0.05) is 31.7 Å². The molecule has 0 aliphatic carbocycles. The van der Waals surface area contributed by atoms with Gasteiger partial charge in [-0.25, -0.2) is 4.79 Å². The maximum atomic E-state index is 12.5. The van der Waals surface area contributed by atoms with Gasteiger partial charge in [-0.1, -0.05) is 6.07 Å². The van der Waals surface area contributed by atoms with Crippen molar-refractivity contribution in [1.82, 2.24) is 15.1 Å². The lowest BCUT2D eigenvalue weighted by Gasteiger charge is -2.35. The van der Waals surface area contributed by atoms with Crippen LogP contribution in [0.4, 0.5) is 4.79 Å². The van der Waals surface area contributed by atoms with Gasteiger partial charge in [0.1, 0.15) is 17.5 Å². The summed E-state index contributed by atoms with van der Waals surface area (Å²) in [5, 5.41) is 19.7. The second kappa shape index (κ2) is 10.5. The Morgan fingerprint density at radius 2 is 2.00 bits per heavy atom. The maximum absolute atomic E-state index is 12.5. The van der Waals surface area contributed by atoms with Crippen molar-refractivity contribution < 1.29 is 24.1 Å². The van der Waals surface area contributed by atoms with Gasteiger partial charge >= 0.3 is 6.09 Å². The monoisotopic (exact) mass is 457 g/mol. The van der Waals surface area contributed by atoms with Crippen molar-refractivity contribution in [3.8, 4) is 17.0 Å². The highest BCUT2D eigenvalue weighted by Crippen LogP contribution is 2.34. The number of aromatic nitrogens is 2. The van der Waals surface area contributed by atoms with E-state index >= 15 is 0 Å². The number of aryl methyl sites for hydroxylation is 2. The van der Waals surface area contributed by atoms with Crippen LogP contribution in [0.15, 0.2) is 24.3 Å². The molecule has 1 saturated heterocycles. The third-order valence-corrected chi connectivity index (χ3v) is 5.58. The van der Waals surface area contributed by atoms with E-state index in [9.17, 15) is 9.90 Å². The molecule has 33 heavy (non-hydrogen) atoms. The van der Waals surface area contributed by atoms with Crippen molar-refractivity contribution in [2.24, 2.45) is 5.92 Å². The van der Waals surface area contributed by atoms with E-state index in [0.717, 1.165) is 29.5 Å². The summed E-state index contributed by atoms with van der Waals surface area (Å²) in [5.41, 5.74) is 3.54. The van der Waals surface area contributed by atoms with E-state index in [1.54, 1.807) is 18.1 Å².